The summed E-state index contributed by atoms with van der Waals surface area (Å²) in [5.74, 6) is -0.690. The van der Waals surface area contributed by atoms with Crippen molar-refractivity contribution >= 4 is 23.4 Å². The number of primary amides is 1. The number of carbonyl (C=O) groups excluding carboxylic acids is 2. The van der Waals surface area contributed by atoms with Crippen LogP contribution in [0.2, 0.25) is 0 Å². The van der Waals surface area contributed by atoms with Gasteiger partial charge < -0.3 is 16.2 Å². The van der Waals surface area contributed by atoms with Crippen LogP contribution in [-0.2, 0) is 9.59 Å². The molecule has 4 N–H and O–H groups in total. The zero-order chi connectivity index (χ0) is 10.3. The van der Waals surface area contributed by atoms with Gasteiger partial charge in [-0.2, -0.15) is 0 Å². The average Bonchev–Trinajstić information content (AvgIpc) is 2.10. The number of amides is 2. The molecule has 0 aromatic rings. The molecule has 0 bridgehead atoms. The molecule has 2 amide bonds. The van der Waals surface area contributed by atoms with E-state index in [2.05, 4.69) is 5.32 Å². The van der Waals surface area contributed by atoms with Crippen molar-refractivity contribution in [2.45, 2.75) is 18.9 Å². The maximum absolute atomic E-state index is 10.9. The number of hydrogen-bond acceptors (Lipinski definition) is 3. The van der Waals surface area contributed by atoms with Gasteiger partial charge in [-0.3, -0.25) is 9.59 Å². The molecule has 1 unspecified atom stereocenters. The SMILES string of the molecule is NC(=O)C(O)CNC(=O)CCCCl. The minimum Gasteiger partial charge on any atom is -0.381 e. The summed E-state index contributed by atoms with van der Waals surface area (Å²) >= 11 is 5.36. The molecule has 0 aromatic heterocycles. The van der Waals surface area contributed by atoms with Crippen molar-refractivity contribution in [3.8, 4) is 0 Å². The molecule has 0 saturated heterocycles. The zero-order valence-electron chi connectivity index (χ0n) is 7.12. The Hall–Kier alpha value is -0.810. The summed E-state index contributed by atoms with van der Waals surface area (Å²) < 4.78 is 0. The quantitative estimate of drug-likeness (QED) is 0.488. The first-order valence-corrected chi connectivity index (χ1v) is 4.41. The molecule has 0 heterocycles. The van der Waals surface area contributed by atoms with E-state index in [-0.39, 0.29) is 18.9 Å². The Balaban J connectivity index is 3.52. The number of alkyl halides is 1. The third-order valence-corrected chi connectivity index (χ3v) is 1.63. The summed E-state index contributed by atoms with van der Waals surface area (Å²) in [7, 11) is 0. The van der Waals surface area contributed by atoms with E-state index in [4.69, 9.17) is 22.4 Å². The van der Waals surface area contributed by atoms with Crippen molar-refractivity contribution in [2.75, 3.05) is 12.4 Å². The topological polar surface area (TPSA) is 92.4 Å². The standard InChI is InChI=1S/C7H13ClN2O3/c8-3-1-2-6(12)10-4-5(11)7(9)13/h5,11H,1-4H2,(H2,9,13)(H,10,12). The highest BCUT2D eigenvalue weighted by molar-refractivity contribution is 6.17. The Bertz CT molecular complexity index is 187. The van der Waals surface area contributed by atoms with Crippen molar-refractivity contribution in [1.29, 1.82) is 0 Å². The predicted octanol–water partition coefficient (Wildman–Crippen LogP) is -1.03. The van der Waals surface area contributed by atoms with E-state index in [1.807, 2.05) is 0 Å². The van der Waals surface area contributed by atoms with Crippen LogP contribution in [0, 0.1) is 0 Å². The number of halogens is 1. The summed E-state index contributed by atoms with van der Waals surface area (Å²) in [5.41, 5.74) is 4.76. The molecule has 1 atom stereocenters. The number of hydrogen-bond donors (Lipinski definition) is 3. The molecule has 0 rings (SSSR count). The molecule has 0 radical (unpaired) electrons. The largest absolute Gasteiger partial charge is 0.381 e. The minimum atomic E-state index is -1.32. The number of aliphatic hydroxyl groups is 1. The van der Waals surface area contributed by atoms with Gasteiger partial charge in [0.1, 0.15) is 6.10 Å². The number of rotatable bonds is 6. The number of aliphatic hydroxyl groups excluding tert-OH is 1. The van der Waals surface area contributed by atoms with Gasteiger partial charge in [0, 0.05) is 12.3 Å². The van der Waals surface area contributed by atoms with E-state index in [1.54, 1.807) is 0 Å². The lowest BCUT2D eigenvalue weighted by atomic mass is 10.3. The Morgan fingerprint density at radius 1 is 1.54 bits per heavy atom. The van der Waals surface area contributed by atoms with E-state index >= 15 is 0 Å². The molecule has 13 heavy (non-hydrogen) atoms. The van der Waals surface area contributed by atoms with Crippen molar-refractivity contribution in [1.82, 2.24) is 5.32 Å². The van der Waals surface area contributed by atoms with Crippen LogP contribution in [0.4, 0.5) is 0 Å². The molecule has 0 aliphatic carbocycles. The van der Waals surface area contributed by atoms with Gasteiger partial charge in [-0.05, 0) is 6.42 Å². The Morgan fingerprint density at radius 2 is 2.15 bits per heavy atom. The molecular weight excluding hydrogens is 196 g/mol. The summed E-state index contributed by atoms with van der Waals surface area (Å²) in [6.07, 6.45) is -0.463. The predicted molar refractivity (Wildman–Crippen MR) is 48.2 cm³/mol. The Morgan fingerprint density at radius 3 is 2.62 bits per heavy atom. The van der Waals surface area contributed by atoms with Crippen LogP contribution < -0.4 is 11.1 Å². The monoisotopic (exact) mass is 208 g/mol. The third-order valence-electron chi connectivity index (χ3n) is 1.36. The van der Waals surface area contributed by atoms with E-state index in [0.717, 1.165) is 0 Å². The van der Waals surface area contributed by atoms with E-state index < -0.39 is 12.0 Å². The summed E-state index contributed by atoms with van der Waals surface area (Å²) in [5, 5.41) is 11.2. The molecule has 0 aliphatic rings. The van der Waals surface area contributed by atoms with E-state index in [0.29, 0.717) is 12.3 Å². The normalized spacial score (nSPS) is 12.2. The van der Waals surface area contributed by atoms with Gasteiger partial charge in [0.15, 0.2) is 0 Å². The first-order chi connectivity index (χ1) is 6.07. The lowest BCUT2D eigenvalue weighted by Crippen LogP contribution is -2.39. The lowest BCUT2D eigenvalue weighted by Gasteiger charge is -2.07. The molecular formula is C7H13ClN2O3. The maximum atomic E-state index is 10.9. The van der Waals surface area contributed by atoms with Crippen molar-refractivity contribution in [3.63, 3.8) is 0 Å². The first kappa shape index (κ1) is 12.2. The van der Waals surface area contributed by atoms with Crippen LogP contribution in [0.15, 0.2) is 0 Å². The molecule has 5 nitrogen and oxygen atoms in total. The van der Waals surface area contributed by atoms with Gasteiger partial charge in [0.2, 0.25) is 11.8 Å². The van der Waals surface area contributed by atoms with Gasteiger partial charge in [0.25, 0.3) is 0 Å². The smallest absolute Gasteiger partial charge is 0.248 e. The highest BCUT2D eigenvalue weighted by Gasteiger charge is 2.11. The van der Waals surface area contributed by atoms with E-state index in [1.165, 1.54) is 0 Å². The maximum Gasteiger partial charge on any atom is 0.248 e. The summed E-state index contributed by atoms with van der Waals surface area (Å²) in [6.45, 7) is -0.142. The number of carbonyl (C=O) groups is 2. The minimum absolute atomic E-state index is 0.142. The second-order valence-corrected chi connectivity index (χ2v) is 2.89. The van der Waals surface area contributed by atoms with Crippen LogP contribution in [0.1, 0.15) is 12.8 Å². The fourth-order valence-corrected chi connectivity index (χ4v) is 0.760. The van der Waals surface area contributed by atoms with Crippen LogP contribution >= 0.6 is 11.6 Å². The fraction of sp³-hybridized carbons (Fsp3) is 0.714. The van der Waals surface area contributed by atoms with Gasteiger partial charge in [-0.25, -0.2) is 0 Å². The second-order valence-electron chi connectivity index (χ2n) is 2.51. The van der Waals surface area contributed by atoms with Crippen molar-refractivity contribution in [2.24, 2.45) is 5.73 Å². The average molecular weight is 209 g/mol. The molecule has 0 aromatic carbocycles. The summed E-state index contributed by atoms with van der Waals surface area (Å²) in [6, 6.07) is 0. The molecule has 0 spiro atoms. The van der Waals surface area contributed by atoms with Gasteiger partial charge in [0.05, 0.1) is 6.54 Å². The Kier molecular flexibility index (Phi) is 6.26. The van der Waals surface area contributed by atoms with Crippen LogP contribution in [0.5, 0.6) is 0 Å². The van der Waals surface area contributed by atoms with Crippen molar-refractivity contribution < 1.29 is 14.7 Å². The molecule has 6 heteroatoms. The zero-order valence-corrected chi connectivity index (χ0v) is 7.88. The van der Waals surface area contributed by atoms with Crippen molar-refractivity contribution in [3.05, 3.63) is 0 Å². The fourth-order valence-electron chi connectivity index (χ4n) is 0.627. The highest BCUT2D eigenvalue weighted by Crippen LogP contribution is 1.91. The van der Waals surface area contributed by atoms with Gasteiger partial charge >= 0.3 is 0 Å². The van der Waals surface area contributed by atoms with Crippen LogP contribution in [-0.4, -0.2) is 35.4 Å². The molecule has 0 saturated carbocycles. The molecule has 0 aliphatic heterocycles. The Labute approximate surface area is 81.2 Å². The number of nitrogens with one attached hydrogen (secondary N) is 1. The van der Waals surface area contributed by atoms with Crippen LogP contribution in [0.3, 0.4) is 0 Å². The second kappa shape index (κ2) is 6.68. The van der Waals surface area contributed by atoms with Gasteiger partial charge in [-0.1, -0.05) is 0 Å². The molecule has 76 valence electrons. The van der Waals surface area contributed by atoms with Gasteiger partial charge in [-0.15, -0.1) is 11.6 Å². The lowest BCUT2D eigenvalue weighted by molar-refractivity contribution is -0.127. The van der Waals surface area contributed by atoms with E-state index in [9.17, 15) is 9.59 Å². The van der Waals surface area contributed by atoms with Crippen LogP contribution in [0.25, 0.3) is 0 Å². The number of nitrogens with two attached hydrogens (primary N) is 1. The molecule has 0 fully saturated rings. The summed E-state index contributed by atoms with van der Waals surface area (Å²) in [4.78, 5) is 21.2. The first-order valence-electron chi connectivity index (χ1n) is 3.88. The highest BCUT2D eigenvalue weighted by atomic mass is 35.5. The third kappa shape index (κ3) is 6.36.